The van der Waals surface area contributed by atoms with Gasteiger partial charge in [0.1, 0.15) is 10.9 Å². The van der Waals surface area contributed by atoms with E-state index in [1.54, 1.807) is 47.4 Å². The molecule has 9 heteroatoms. The molecule has 5 rings (SSSR count). The number of fused-ring (bicyclic) bond motifs is 2. The average Bonchev–Trinajstić information content (AvgIpc) is 3.34. The van der Waals surface area contributed by atoms with Gasteiger partial charge in [-0.15, -0.1) is 4.40 Å². The number of sulfonamides is 1. The van der Waals surface area contributed by atoms with Crippen LogP contribution < -0.4 is 5.32 Å². The Kier molecular flexibility index (Phi) is 5.44. The Bertz CT molecular complexity index is 1240. The van der Waals surface area contributed by atoms with E-state index in [-0.39, 0.29) is 28.6 Å². The fourth-order valence-electron chi connectivity index (χ4n) is 5.28. The SMILES string of the molecule is COC(=O)C1CC2CCCCC2N1C(=O)c1ccc(NC2=NS(=O)(=O)c3ccccc32)cc1. The van der Waals surface area contributed by atoms with Gasteiger partial charge in [0.15, 0.2) is 5.84 Å². The molecule has 1 aliphatic carbocycles. The number of likely N-dealkylation sites (tertiary alicyclic amines) is 1. The Morgan fingerprint density at radius 1 is 1.06 bits per heavy atom. The smallest absolute Gasteiger partial charge is 0.328 e. The van der Waals surface area contributed by atoms with Crippen LogP contribution >= 0.6 is 0 Å². The van der Waals surface area contributed by atoms with Gasteiger partial charge < -0.3 is 15.0 Å². The summed E-state index contributed by atoms with van der Waals surface area (Å²) in [6, 6.07) is 12.9. The number of amides is 1. The molecule has 0 radical (unpaired) electrons. The highest BCUT2D eigenvalue weighted by atomic mass is 32.2. The minimum atomic E-state index is -3.71. The molecule has 1 N–H and O–H groups in total. The van der Waals surface area contributed by atoms with Crippen molar-refractivity contribution in [3.63, 3.8) is 0 Å². The molecule has 0 aromatic heterocycles. The topological polar surface area (TPSA) is 105 Å². The molecule has 8 nitrogen and oxygen atoms in total. The molecular weight excluding hydrogens is 442 g/mol. The van der Waals surface area contributed by atoms with Gasteiger partial charge in [0, 0.05) is 22.9 Å². The predicted octanol–water partition coefficient (Wildman–Crippen LogP) is 3.19. The van der Waals surface area contributed by atoms with Gasteiger partial charge >= 0.3 is 5.97 Å². The van der Waals surface area contributed by atoms with Crippen LogP contribution in [0.1, 0.15) is 48.0 Å². The molecular formula is C24H25N3O5S. The van der Waals surface area contributed by atoms with Crippen molar-refractivity contribution >= 4 is 33.4 Å². The molecule has 3 aliphatic rings. The van der Waals surface area contributed by atoms with E-state index in [1.165, 1.54) is 13.2 Å². The fraction of sp³-hybridized carbons (Fsp3) is 0.375. The number of benzene rings is 2. The molecule has 3 atom stereocenters. The number of hydrogen-bond donors (Lipinski definition) is 1. The zero-order valence-electron chi connectivity index (χ0n) is 18.2. The van der Waals surface area contributed by atoms with Crippen molar-refractivity contribution in [2.45, 2.75) is 49.1 Å². The molecule has 0 bridgehead atoms. The Morgan fingerprint density at radius 2 is 1.79 bits per heavy atom. The molecule has 2 fully saturated rings. The summed E-state index contributed by atoms with van der Waals surface area (Å²) in [5, 5.41) is 3.04. The van der Waals surface area contributed by atoms with Crippen molar-refractivity contribution < 1.29 is 22.7 Å². The number of ether oxygens (including phenoxy) is 1. The number of anilines is 1. The summed E-state index contributed by atoms with van der Waals surface area (Å²) in [6.45, 7) is 0. The van der Waals surface area contributed by atoms with E-state index in [2.05, 4.69) is 9.71 Å². The number of amidine groups is 1. The third-order valence-electron chi connectivity index (χ3n) is 6.82. The third-order valence-corrected chi connectivity index (χ3v) is 8.16. The zero-order chi connectivity index (χ0) is 23.2. The first-order valence-corrected chi connectivity index (χ1v) is 12.5. The monoisotopic (exact) mass is 467 g/mol. The Balaban J connectivity index is 1.37. The summed E-state index contributed by atoms with van der Waals surface area (Å²) in [5.74, 6) is 0.0304. The predicted molar refractivity (Wildman–Crippen MR) is 123 cm³/mol. The van der Waals surface area contributed by atoms with Gasteiger partial charge in [-0.3, -0.25) is 4.79 Å². The van der Waals surface area contributed by atoms with Gasteiger partial charge in [0.25, 0.3) is 15.9 Å². The van der Waals surface area contributed by atoms with Crippen molar-refractivity contribution in [2.75, 3.05) is 12.4 Å². The first kappa shape index (κ1) is 21.6. The maximum absolute atomic E-state index is 13.4. The molecule has 1 saturated heterocycles. The van der Waals surface area contributed by atoms with Gasteiger partial charge in [-0.25, -0.2) is 4.79 Å². The molecule has 172 valence electrons. The number of methoxy groups -OCH3 is 1. The lowest BCUT2D eigenvalue weighted by Gasteiger charge is -2.33. The van der Waals surface area contributed by atoms with Gasteiger partial charge in [-0.05, 0) is 61.6 Å². The largest absolute Gasteiger partial charge is 0.467 e. The molecule has 3 unspecified atom stereocenters. The summed E-state index contributed by atoms with van der Waals surface area (Å²) in [6.07, 6.45) is 4.75. The van der Waals surface area contributed by atoms with Crippen molar-refractivity contribution in [3.8, 4) is 0 Å². The molecule has 1 saturated carbocycles. The van der Waals surface area contributed by atoms with Crippen molar-refractivity contribution in [2.24, 2.45) is 10.3 Å². The highest BCUT2D eigenvalue weighted by Crippen LogP contribution is 2.41. The second kappa shape index (κ2) is 8.30. The lowest BCUT2D eigenvalue weighted by atomic mass is 9.84. The lowest BCUT2D eigenvalue weighted by Crippen LogP contribution is -2.46. The van der Waals surface area contributed by atoms with Gasteiger partial charge in [-0.1, -0.05) is 25.0 Å². The van der Waals surface area contributed by atoms with Crippen LogP contribution in [0.5, 0.6) is 0 Å². The van der Waals surface area contributed by atoms with Crippen LogP contribution in [-0.2, 0) is 19.6 Å². The van der Waals surface area contributed by atoms with Gasteiger partial charge in [0.05, 0.1) is 7.11 Å². The summed E-state index contributed by atoms with van der Waals surface area (Å²) in [4.78, 5) is 27.7. The minimum Gasteiger partial charge on any atom is -0.467 e. The van der Waals surface area contributed by atoms with Crippen LogP contribution in [0.2, 0.25) is 0 Å². The van der Waals surface area contributed by atoms with E-state index in [0.29, 0.717) is 29.2 Å². The number of nitrogens with one attached hydrogen (secondary N) is 1. The number of esters is 1. The number of nitrogens with zero attached hydrogens (tertiary/aromatic N) is 2. The Morgan fingerprint density at radius 3 is 2.55 bits per heavy atom. The second-order valence-corrected chi connectivity index (χ2v) is 10.3. The van der Waals surface area contributed by atoms with E-state index in [4.69, 9.17) is 4.74 Å². The van der Waals surface area contributed by atoms with E-state index in [1.807, 2.05) is 0 Å². The van der Waals surface area contributed by atoms with Crippen LogP contribution in [0.3, 0.4) is 0 Å². The average molecular weight is 468 g/mol. The zero-order valence-corrected chi connectivity index (χ0v) is 19.0. The number of hydrogen-bond acceptors (Lipinski definition) is 6. The van der Waals surface area contributed by atoms with Crippen molar-refractivity contribution in [1.29, 1.82) is 0 Å². The quantitative estimate of drug-likeness (QED) is 0.695. The maximum Gasteiger partial charge on any atom is 0.328 e. The Labute approximate surface area is 192 Å². The van der Waals surface area contributed by atoms with Crippen LogP contribution in [0.25, 0.3) is 0 Å². The van der Waals surface area contributed by atoms with E-state index >= 15 is 0 Å². The van der Waals surface area contributed by atoms with Crippen molar-refractivity contribution in [3.05, 3.63) is 59.7 Å². The highest BCUT2D eigenvalue weighted by Gasteiger charge is 2.48. The standard InChI is InChI=1S/C24H25N3O5S/c1-32-24(29)20-14-16-6-2-4-8-19(16)27(20)23(28)15-10-12-17(13-11-15)25-22-18-7-3-5-9-21(18)33(30,31)26-22/h3,5,7,9-13,16,19-20H,2,4,6,8,14H2,1H3,(H,25,26). The number of carbonyl (C=O) groups excluding carboxylic acids is 2. The van der Waals surface area contributed by atoms with E-state index in [0.717, 1.165) is 25.7 Å². The van der Waals surface area contributed by atoms with Crippen LogP contribution in [0.15, 0.2) is 57.8 Å². The summed E-state index contributed by atoms with van der Waals surface area (Å²) < 4.78 is 33.3. The van der Waals surface area contributed by atoms with Crippen molar-refractivity contribution in [1.82, 2.24) is 4.90 Å². The number of rotatable bonds is 3. The molecule has 2 heterocycles. The minimum absolute atomic E-state index is 0.0581. The lowest BCUT2D eigenvalue weighted by molar-refractivity contribution is -0.145. The molecule has 2 aromatic carbocycles. The van der Waals surface area contributed by atoms with Gasteiger partial charge in [-0.2, -0.15) is 8.42 Å². The molecule has 2 aliphatic heterocycles. The molecule has 33 heavy (non-hydrogen) atoms. The van der Waals surface area contributed by atoms with E-state index in [9.17, 15) is 18.0 Å². The molecule has 0 spiro atoms. The van der Waals surface area contributed by atoms with E-state index < -0.39 is 16.1 Å². The molecule has 2 aromatic rings. The van der Waals surface area contributed by atoms with Crippen LogP contribution in [-0.4, -0.2) is 50.2 Å². The maximum atomic E-state index is 13.4. The van der Waals surface area contributed by atoms with Crippen LogP contribution in [0, 0.1) is 5.92 Å². The van der Waals surface area contributed by atoms with Crippen LogP contribution in [0.4, 0.5) is 5.69 Å². The van der Waals surface area contributed by atoms with Gasteiger partial charge in [0.2, 0.25) is 0 Å². The Hall–Kier alpha value is -3.20. The fourth-order valence-corrected chi connectivity index (χ4v) is 6.45. The first-order valence-electron chi connectivity index (χ1n) is 11.1. The molecule has 1 amide bonds. The summed E-state index contributed by atoms with van der Waals surface area (Å²) in [5.41, 5.74) is 1.60. The summed E-state index contributed by atoms with van der Waals surface area (Å²) >= 11 is 0. The number of carbonyl (C=O) groups is 2. The second-order valence-electron chi connectivity index (χ2n) is 8.71. The normalized spacial score (nSPS) is 25.1. The summed E-state index contributed by atoms with van der Waals surface area (Å²) in [7, 11) is -2.36. The highest BCUT2D eigenvalue weighted by molar-refractivity contribution is 7.90. The third kappa shape index (κ3) is 3.80. The first-order chi connectivity index (χ1) is 15.9.